The van der Waals surface area contributed by atoms with Crippen molar-refractivity contribution in [2.75, 3.05) is 0 Å². The smallest absolute Gasteiger partial charge is 0.411 e. The van der Waals surface area contributed by atoms with Gasteiger partial charge < -0.3 is 9.47 Å². The molecule has 26 heavy (non-hydrogen) atoms. The van der Waals surface area contributed by atoms with Crippen molar-refractivity contribution in [3.05, 3.63) is 48.0 Å². The average Bonchev–Trinajstić information content (AvgIpc) is 2.58. The SMILES string of the molecule is C=C1C[C@H]2CCC1N(C(=O)OC(C)(C)C)[C@@H]2C(=O)OCc1ccccc1. The first kappa shape index (κ1) is 18.5. The van der Waals surface area contributed by atoms with Gasteiger partial charge in [0.1, 0.15) is 18.2 Å². The zero-order valence-corrected chi connectivity index (χ0v) is 15.7. The van der Waals surface area contributed by atoms with Crippen LogP contribution in [0, 0.1) is 5.92 Å². The third-order valence-electron chi connectivity index (χ3n) is 4.96. The largest absolute Gasteiger partial charge is 0.459 e. The lowest BCUT2D eigenvalue weighted by Gasteiger charge is -2.50. The second kappa shape index (κ2) is 7.14. The Morgan fingerprint density at radius 2 is 1.88 bits per heavy atom. The fourth-order valence-corrected chi connectivity index (χ4v) is 3.85. The van der Waals surface area contributed by atoms with Gasteiger partial charge in [0.2, 0.25) is 0 Å². The van der Waals surface area contributed by atoms with Crippen LogP contribution >= 0.6 is 0 Å². The molecule has 1 saturated carbocycles. The normalized spacial score (nSPS) is 25.1. The molecule has 1 aliphatic carbocycles. The Bertz CT molecular complexity index is 692. The summed E-state index contributed by atoms with van der Waals surface area (Å²) in [5.74, 6) is -0.315. The molecular weight excluding hydrogens is 330 g/mol. The Labute approximate surface area is 155 Å². The third kappa shape index (κ3) is 3.92. The van der Waals surface area contributed by atoms with Gasteiger partial charge in [-0.3, -0.25) is 4.90 Å². The van der Waals surface area contributed by atoms with Crippen LogP contribution in [-0.2, 0) is 20.9 Å². The van der Waals surface area contributed by atoms with E-state index < -0.39 is 17.7 Å². The van der Waals surface area contributed by atoms with Gasteiger partial charge in [-0.2, -0.15) is 0 Å². The first-order valence-corrected chi connectivity index (χ1v) is 9.16. The van der Waals surface area contributed by atoms with E-state index >= 15 is 0 Å². The summed E-state index contributed by atoms with van der Waals surface area (Å²) in [6.07, 6.45) is 2.02. The minimum absolute atomic E-state index is 0.0447. The van der Waals surface area contributed by atoms with Gasteiger partial charge in [-0.05, 0) is 51.5 Å². The van der Waals surface area contributed by atoms with Crippen molar-refractivity contribution in [1.29, 1.82) is 0 Å². The van der Waals surface area contributed by atoms with Gasteiger partial charge in [-0.25, -0.2) is 9.59 Å². The van der Waals surface area contributed by atoms with Crippen LogP contribution in [0.5, 0.6) is 0 Å². The van der Waals surface area contributed by atoms with Crippen LogP contribution in [0.4, 0.5) is 4.79 Å². The molecule has 140 valence electrons. The molecule has 0 spiro atoms. The van der Waals surface area contributed by atoms with Crippen molar-refractivity contribution in [1.82, 2.24) is 4.90 Å². The van der Waals surface area contributed by atoms with Crippen molar-refractivity contribution in [2.24, 2.45) is 5.92 Å². The fraction of sp³-hybridized carbons (Fsp3) is 0.524. The minimum atomic E-state index is -0.617. The predicted molar refractivity (Wildman–Crippen MR) is 98.4 cm³/mol. The summed E-state index contributed by atoms with van der Waals surface area (Å²) in [5, 5.41) is 0. The van der Waals surface area contributed by atoms with E-state index in [0.29, 0.717) is 0 Å². The highest BCUT2D eigenvalue weighted by Crippen LogP contribution is 2.43. The number of rotatable bonds is 3. The molecule has 1 aromatic rings. The number of carbonyl (C=O) groups is 2. The van der Waals surface area contributed by atoms with Crippen molar-refractivity contribution in [3.63, 3.8) is 0 Å². The van der Waals surface area contributed by atoms with Gasteiger partial charge in [0.05, 0.1) is 6.04 Å². The molecule has 1 unspecified atom stereocenters. The summed E-state index contributed by atoms with van der Waals surface area (Å²) in [4.78, 5) is 27.2. The van der Waals surface area contributed by atoms with Crippen LogP contribution in [0.25, 0.3) is 0 Å². The number of ether oxygens (including phenoxy) is 2. The van der Waals surface area contributed by atoms with Crippen LogP contribution in [0.2, 0.25) is 0 Å². The Balaban J connectivity index is 1.76. The lowest BCUT2D eigenvalue weighted by molar-refractivity contribution is -0.158. The van der Waals surface area contributed by atoms with E-state index in [1.54, 1.807) is 4.90 Å². The third-order valence-corrected chi connectivity index (χ3v) is 4.96. The van der Waals surface area contributed by atoms with E-state index in [0.717, 1.165) is 30.4 Å². The van der Waals surface area contributed by atoms with Crippen LogP contribution in [0.15, 0.2) is 42.5 Å². The number of esters is 1. The van der Waals surface area contributed by atoms with Gasteiger partial charge >= 0.3 is 12.1 Å². The molecule has 0 aromatic heterocycles. The summed E-state index contributed by atoms with van der Waals surface area (Å²) >= 11 is 0. The summed E-state index contributed by atoms with van der Waals surface area (Å²) in [6, 6.07) is 8.80. The molecule has 0 N–H and O–H groups in total. The van der Waals surface area contributed by atoms with E-state index in [2.05, 4.69) is 6.58 Å². The molecule has 2 aliphatic heterocycles. The summed E-state index contributed by atoms with van der Waals surface area (Å²) in [6.45, 7) is 9.79. The molecule has 4 rings (SSSR count). The van der Waals surface area contributed by atoms with E-state index in [-0.39, 0.29) is 24.5 Å². The number of hydrogen-bond acceptors (Lipinski definition) is 4. The Hall–Kier alpha value is -2.30. The van der Waals surface area contributed by atoms with E-state index in [9.17, 15) is 9.59 Å². The quantitative estimate of drug-likeness (QED) is 0.604. The first-order valence-electron chi connectivity index (χ1n) is 9.16. The zero-order valence-electron chi connectivity index (χ0n) is 15.7. The predicted octanol–water partition coefficient (Wildman–Crippen LogP) is 4.07. The van der Waals surface area contributed by atoms with Crippen LogP contribution < -0.4 is 0 Å². The highest BCUT2D eigenvalue weighted by Gasteiger charge is 2.51. The van der Waals surface area contributed by atoms with Gasteiger partial charge in [0.25, 0.3) is 0 Å². The number of piperidine rings is 2. The summed E-state index contributed by atoms with van der Waals surface area (Å²) in [7, 11) is 0. The molecule has 3 fully saturated rings. The second-order valence-corrected chi connectivity index (χ2v) is 8.14. The monoisotopic (exact) mass is 357 g/mol. The molecule has 2 heterocycles. The molecule has 2 bridgehead atoms. The maximum atomic E-state index is 12.8. The van der Waals surface area contributed by atoms with E-state index in [1.165, 1.54) is 0 Å². The number of benzene rings is 1. The van der Waals surface area contributed by atoms with Crippen molar-refractivity contribution < 1.29 is 19.1 Å². The second-order valence-electron chi connectivity index (χ2n) is 8.14. The van der Waals surface area contributed by atoms with Crippen LogP contribution in [0.1, 0.15) is 45.6 Å². The van der Waals surface area contributed by atoms with Crippen LogP contribution in [0.3, 0.4) is 0 Å². The number of carbonyl (C=O) groups excluding carboxylic acids is 2. The molecule has 3 aliphatic rings. The van der Waals surface area contributed by atoms with Gasteiger partial charge in [0.15, 0.2) is 0 Å². The number of amides is 1. The topological polar surface area (TPSA) is 55.8 Å². The molecule has 1 amide bonds. The number of hydrogen-bond donors (Lipinski definition) is 0. The van der Waals surface area contributed by atoms with Gasteiger partial charge in [-0.15, -0.1) is 0 Å². The molecule has 1 aromatic carbocycles. The van der Waals surface area contributed by atoms with Crippen molar-refractivity contribution in [2.45, 2.75) is 64.3 Å². The standard InChI is InChI=1S/C21H27NO4/c1-14-12-16-10-11-17(14)22(20(24)26-21(2,3)4)18(16)19(23)25-13-15-8-6-5-7-9-15/h5-9,16-18H,1,10-13H2,2-4H3/t16-,17?,18+/m1/s1. The number of nitrogens with zero attached hydrogens (tertiary/aromatic N) is 1. The lowest BCUT2D eigenvalue weighted by atomic mass is 9.72. The molecular formula is C21H27NO4. The summed E-state index contributed by atoms with van der Waals surface area (Å²) in [5.41, 5.74) is 1.31. The van der Waals surface area contributed by atoms with Gasteiger partial charge in [0, 0.05) is 0 Å². The van der Waals surface area contributed by atoms with E-state index in [4.69, 9.17) is 9.47 Å². The Morgan fingerprint density at radius 3 is 2.50 bits per heavy atom. The molecule has 3 atom stereocenters. The average molecular weight is 357 g/mol. The maximum Gasteiger partial charge on any atom is 0.411 e. The minimum Gasteiger partial charge on any atom is -0.459 e. The van der Waals surface area contributed by atoms with E-state index in [1.807, 2.05) is 51.1 Å². The van der Waals surface area contributed by atoms with Gasteiger partial charge in [-0.1, -0.05) is 42.5 Å². The Morgan fingerprint density at radius 1 is 1.19 bits per heavy atom. The first-order chi connectivity index (χ1) is 12.3. The number of fused-ring (bicyclic) bond motifs is 3. The highest BCUT2D eigenvalue weighted by atomic mass is 16.6. The zero-order chi connectivity index (χ0) is 18.9. The van der Waals surface area contributed by atoms with Crippen molar-refractivity contribution >= 4 is 12.1 Å². The molecule has 5 nitrogen and oxygen atoms in total. The van der Waals surface area contributed by atoms with Crippen LogP contribution in [-0.4, -0.2) is 34.6 Å². The maximum absolute atomic E-state index is 12.8. The molecule has 0 radical (unpaired) electrons. The Kier molecular flexibility index (Phi) is 5.08. The molecule has 2 saturated heterocycles. The highest BCUT2D eigenvalue weighted by molar-refractivity contribution is 5.83. The molecule has 5 heteroatoms. The lowest BCUT2D eigenvalue weighted by Crippen LogP contribution is -2.62. The fourth-order valence-electron chi connectivity index (χ4n) is 3.85. The summed E-state index contributed by atoms with van der Waals surface area (Å²) < 4.78 is 11.1. The van der Waals surface area contributed by atoms with Crippen molar-refractivity contribution in [3.8, 4) is 0 Å².